The normalized spacial score (nSPS) is 18.7. The quantitative estimate of drug-likeness (QED) is 0.904. The molecule has 1 fully saturated rings. The first kappa shape index (κ1) is 15.6. The molecular formula is C16H21N5O2. The zero-order valence-corrected chi connectivity index (χ0v) is 13.2. The van der Waals surface area contributed by atoms with E-state index in [0.717, 1.165) is 18.7 Å². The second-order valence-electron chi connectivity index (χ2n) is 5.78. The van der Waals surface area contributed by atoms with Crippen LogP contribution in [0.4, 0.5) is 0 Å². The molecule has 2 aromatic rings. The number of amides is 1. The summed E-state index contributed by atoms with van der Waals surface area (Å²) in [5.41, 5.74) is 0.744. The summed E-state index contributed by atoms with van der Waals surface area (Å²) in [5, 5.41) is 10.6. The zero-order chi connectivity index (χ0) is 16.1. The van der Waals surface area contributed by atoms with Gasteiger partial charge in [-0.2, -0.15) is 0 Å². The Morgan fingerprint density at radius 3 is 2.96 bits per heavy atom. The minimum absolute atomic E-state index is 0.0106. The average molecular weight is 315 g/mol. The van der Waals surface area contributed by atoms with E-state index in [-0.39, 0.29) is 11.8 Å². The van der Waals surface area contributed by atoms with Gasteiger partial charge in [0, 0.05) is 37.1 Å². The Morgan fingerprint density at radius 1 is 1.35 bits per heavy atom. The van der Waals surface area contributed by atoms with Crippen molar-refractivity contribution in [2.75, 3.05) is 19.6 Å². The number of rotatable bonds is 5. The second kappa shape index (κ2) is 7.32. The van der Waals surface area contributed by atoms with E-state index in [0.29, 0.717) is 18.5 Å². The molecule has 0 unspecified atom stereocenters. The molecule has 1 amide bonds. The molecule has 23 heavy (non-hydrogen) atoms. The van der Waals surface area contributed by atoms with Crippen molar-refractivity contribution in [3.63, 3.8) is 0 Å². The summed E-state index contributed by atoms with van der Waals surface area (Å²) in [6.45, 7) is 4.76. The third kappa shape index (κ3) is 3.92. The van der Waals surface area contributed by atoms with Gasteiger partial charge in [-0.3, -0.25) is 14.7 Å². The van der Waals surface area contributed by atoms with Crippen LogP contribution < -0.4 is 5.32 Å². The van der Waals surface area contributed by atoms with Crippen LogP contribution in [0.15, 0.2) is 28.9 Å². The minimum Gasteiger partial charge on any atom is -0.412 e. The zero-order valence-electron chi connectivity index (χ0n) is 13.2. The summed E-state index contributed by atoms with van der Waals surface area (Å²) in [6.07, 6.45) is 7.03. The van der Waals surface area contributed by atoms with E-state index in [1.807, 2.05) is 0 Å². The number of hydrogen-bond acceptors (Lipinski definition) is 6. The first-order valence-electron chi connectivity index (χ1n) is 8.00. The number of nitrogens with one attached hydrogen (secondary N) is 1. The minimum atomic E-state index is -0.331. The van der Waals surface area contributed by atoms with Gasteiger partial charge in [0.2, 0.25) is 5.89 Å². The largest absolute Gasteiger partial charge is 0.412 e. The average Bonchev–Trinajstić information content (AvgIpc) is 3.07. The molecule has 3 heterocycles. The summed E-state index contributed by atoms with van der Waals surface area (Å²) in [7, 11) is 0. The molecule has 3 rings (SSSR count). The molecule has 0 aliphatic carbocycles. The molecule has 1 aliphatic rings. The van der Waals surface area contributed by atoms with Crippen molar-refractivity contribution in [2.45, 2.75) is 32.2 Å². The maximum atomic E-state index is 12.1. The van der Waals surface area contributed by atoms with E-state index < -0.39 is 0 Å². The molecular weight excluding hydrogens is 294 g/mol. The van der Waals surface area contributed by atoms with Crippen molar-refractivity contribution in [3.8, 4) is 11.5 Å². The highest BCUT2D eigenvalue weighted by Gasteiger charge is 2.19. The van der Waals surface area contributed by atoms with Crippen LogP contribution in [0, 0.1) is 0 Å². The Kier molecular flexibility index (Phi) is 4.97. The maximum absolute atomic E-state index is 12.1. The van der Waals surface area contributed by atoms with Crippen LogP contribution in [0.25, 0.3) is 11.5 Å². The predicted octanol–water partition coefficient (Wildman–Crippen LogP) is 1.74. The lowest BCUT2D eigenvalue weighted by molar-refractivity contribution is 0.0905. The number of nitrogens with zero attached hydrogens (tertiary/aromatic N) is 4. The van der Waals surface area contributed by atoms with Crippen LogP contribution in [0.1, 0.15) is 36.9 Å². The number of carbonyl (C=O) groups is 1. The SMILES string of the molecule is C[C@H]1CCCCN1CCNC(=O)c1nnc(-c2ccncc2)o1. The molecule has 7 heteroatoms. The number of piperidine rings is 1. The van der Waals surface area contributed by atoms with Crippen molar-refractivity contribution < 1.29 is 9.21 Å². The van der Waals surface area contributed by atoms with Gasteiger partial charge in [0.1, 0.15) is 0 Å². The van der Waals surface area contributed by atoms with Gasteiger partial charge in [-0.1, -0.05) is 6.42 Å². The fraction of sp³-hybridized carbons (Fsp3) is 0.500. The van der Waals surface area contributed by atoms with Crippen LogP contribution in [0.2, 0.25) is 0 Å². The van der Waals surface area contributed by atoms with Crippen LogP contribution in [-0.2, 0) is 0 Å². The van der Waals surface area contributed by atoms with E-state index in [9.17, 15) is 4.79 Å². The Hall–Kier alpha value is -2.28. The number of carbonyl (C=O) groups excluding carboxylic acids is 1. The van der Waals surface area contributed by atoms with E-state index in [2.05, 4.69) is 32.3 Å². The van der Waals surface area contributed by atoms with Crippen molar-refractivity contribution in [3.05, 3.63) is 30.4 Å². The van der Waals surface area contributed by atoms with Crippen molar-refractivity contribution in [1.82, 2.24) is 25.4 Å². The highest BCUT2D eigenvalue weighted by molar-refractivity contribution is 5.89. The van der Waals surface area contributed by atoms with Crippen LogP contribution >= 0.6 is 0 Å². The number of pyridine rings is 1. The molecule has 1 saturated heterocycles. The Labute approximate surface area is 135 Å². The number of likely N-dealkylation sites (tertiary alicyclic amines) is 1. The van der Waals surface area contributed by atoms with Gasteiger partial charge in [-0.05, 0) is 38.4 Å². The highest BCUT2D eigenvalue weighted by atomic mass is 16.4. The van der Waals surface area contributed by atoms with E-state index in [1.54, 1.807) is 24.5 Å². The van der Waals surface area contributed by atoms with E-state index >= 15 is 0 Å². The molecule has 1 aliphatic heterocycles. The molecule has 1 N–H and O–H groups in total. The maximum Gasteiger partial charge on any atom is 0.308 e. The Balaban J connectivity index is 1.52. The summed E-state index contributed by atoms with van der Waals surface area (Å²) in [5.74, 6) is -0.0202. The number of aromatic nitrogens is 3. The molecule has 122 valence electrons. The van der Waals surface area contributed by atoms with Gasteiger partial charge >= 0.3 is 11.8 Å². The van der Waals surface area contributed by atoms with Crippen LogP contribution in [0.3, 0.4) is 0 Å². The molecule has 0 radical (unpaired) electrons. The van der Waals surface area contributed by atoms with Crippen molar-refractivity contribution in [2.24, 2.45) is 0 Å². The van der Waals surface area contributed by atoms with E-state index in [1.165, 1.54) is 19.3 Å². The second-order valence-corrected chi connectivity index (χ2v) is 5.78. The van der Waals surface area contributed by atoms with Gasteiger partial charge < -0.3 is 9.73 Å². The first-order chi connectivity index (χ1) is 11.2. The van der Waals surface area contributed by atoms with E-state index in [4.69, 9.17) is 4.42 Å². The van der Waals surface area contributed by atoms with Gasteiger partial charge in [-0.25, -0.2) is 0 Å². The van der Waals surface area contributed by atoms with Crippen molar-refractivity contribution in [1.29, 1.82) is 0 Å². The molecule has 0 aromatic carbocycles. The lowest BCUT2D eigenvalue weighted by atomic mass is 10.0. The van der Waals surface area contributed by atoms with Crippen LogP contribution in [0.5, 0.6) is 0 Å². The molecule has 1 atom stereocenters. The molecule has 2 aromatic heterocycles. The molecule has 0 bridgehead atoms. The molecule has 0 saturated carbocycles. The summed E-state index contributed by atoms with van der Waals surface area (Å²) in [6, 6.07) is 4.10. The Morgan fingerprint density at radius 2 is 2.17 bits per heavy atom. The smallest absolute Gasteiger partial charge is 0.308 e. The van der Waals surface area contributed by atoms with Crippen molar-refractivity contribution >= 4 is 5.91 Å². The lowest BCUT2D eigenvalue weighted by Crippen LogP contribution is -2.42. The first-order valence-corrected chi connectivity index (χ1v) is 8.00. The predicted molar refractivity (Wildman–Crippen MR) is 84.7 cm³/mol. The summed E-state index contributed by atoms with van der Waals surface area (Å²) >= 11 is 0. The number of hydrogen-bond donors (Lipinski definition) is 1. The monoisotopic (exact) mass is 315 g/mol. The van der Waals surface area contributed by atoms with Gasteiger partial charge in [0.05, 0.1) is 0 Å². The Bertz CT molecular complexity index is 643. The molecule has 7 nitrogen and oxygen atoms in total. The standard InChI is InChI=1S/C16H21N5O2/c1-12-4-2-3-10-21(12)11-9-18-14(22)16-20-19-15(23-16)13-5-7-17-8-6-13/h5-8,12H,2-4,9-11H2,1H3,(H,18,22)/t12-/m0/s1. The summed E-state index contributed by atoms with van der Waals surface area (Å²) < 4.78 is 5.42. The van der Waals surface area contributed by atoms with Gasteiger partial charge in [-0.15, -0.1) is 10.2 Å². The lowest BCUT2D eigenvalue weighted by Gasteiger charge is -2.33. The summed E-state index contributed by atoms with van der Waals surface area (Å²) in [4.78, 5) is 18.4. The highest BCUT2D eigenvalue weighted by Crippen LogP contribution is 2.16. The van der Waals surface area contributed by atoms with Gasteiger partial charge in [0.25, 0.3) is 0 Å². The fourth-order valence-corrected chi connectivity index (χ4v) is 2.80. The van der Waals surface area contributed by atoms with Gasteiger partial charge in [0.15, 0.2) is 0 Å². The fourth-order valence-electron chi connectivity index (χ4n) is 2.80. The third-order valence-electron chi connectivity index (χ3n) is 4.17. The third-order valence-corrected chi connectivity index (χ3v) is 4.17. The van der Waals surface area contributed by atoms with Crippen LogP contribution in [-0.4, -0.2) is 51.7 Å². The topological polar surface area (TPSA) is 84.2 Å². The molecule has 0 spiro atoms.